The van der Waals surface area contributed by atoms with Gasteiger partial charge in [0.05, 0.1) is 25.0 Å². The molecular formula is C18H16O6. The maximum absolute atomic E-state index is 12.4. The van der Waals surface area contributed by atoms with Crippen LogP contribution in [-0.2, 0) is 11.2 Å². The van der Waals surface area contributed by atoms with Gasteiger partial charge in [0.1, 0.15) is 22.6 Å². The van der Waals surface area contributed by atoms with Gasteiger partial charge in [-0.1, -0.05) is 0 Å². The highest BCUT2D eigenvalue weighted by atomic mass is 16.7. The van der Waals surface area contributed by atoms with E-state index >= 15 is 0 Å². The van der Waals surface area contributed by atoms with Crippen LogP contribution >= 0.6 is 0 Å². The van der Waals surface area contributed by atoms with E-state index in [9.17, 15) is 9.59 Å². The number of benzene rings is 1. The van der Waals surface area contributed by atoms with Crippen molar-refractivity contribution in [3.63, 3.8) is 0 Å². The molecule has 3 aliphatic rings. The third-order valence-corrected chi connectivity index (χ3v) is 5.44. The van der Waals surface area contributed by atoms with Crippen molar-refractivity contribution in [2.75, 3.05) is 13.7 Å². The molecule has 124 valence electrons. The lowest BCUT2D eigenvalue weighted by Gasteiger charge is -2.22. The topological polar surface area (TPSA) is 75.0 Å². The largest absolute Gasteiger partial charge is 0.496 e. The Bertz CT molecular complexity index is 972. The second-order valence-electron chi connectivity index (χ2n) is 6.67. The molecule has 0 amide bonds. The number of hydrogen-bond acceptors (Lipinski definition) is 6. The molecule has 0 bridgehead atoms. The number of rotatable bonds is 1. The number of ketones is 1. The Kier molecular flexibility index (Phi) is 2.57. The first-order valence-corrected chi connectivity index (χ1v) is 8.10. The number of carbonyl (C=O) groups is 1. The van der Waals surface area contributed by atoms with E-state index < -0.39 is 11.4 Å². The van der Waals surface area contributed by atoms with Gasteiger partial charge in [0.15, 0.2) is 5.78 Å². The Hall–Kier alpha value is -2.34. The smallest absolute Gasteiger partial charge is 0.347 e. The summed E-state index contributed by atoms with van der Waals surface area (Å²) in [5.41, 5.74) is 1.67. The molecular weight excluding hydrogens is 312 g/mol. The minimum Gasteiger partial charge on any atom is -0.496 e. The molecule has 24 heavy (non-hydrogen) atoms. The average Bonchev–Trinajstić information content (AvgIpc) is 3.17. The maximum Gasteiger partial charge on any atom is 0.347 e. The lowest BCUT2D eigenvalue weighted by molar-refractivity contribution is -0.130. The molecule has 0 saturated carbocycles. The average molecular weight is 328 g/mol. The van der Waals surface area contributed by atoms with E-state index in [2.05, 4.69) is 0 Å². The Morgan fingerprint density at radius 2 is 2.12 bits per heavy atom. The van der Waals surface area contributed by atoms with Crippen LogP contribution in [0.1, 0.15) is 47.2 Å². The van der Waals surface area contributed by atoms with Crippen LogP contribution in [0.2, 0.25) is 0 Å². The molecule has 6 heteroatoms. The fraction of sp³-hybridized carbons (Fsp3) is 0.444. The van der Waals surface area contributed by atoms with Gasteiger partial charge in [0, 0.05) is 25.0 Å². The molecule has 6 nitrogen and oxygen atoms in total. The second kappa shape index (κ2) is 4.39. The van der Waals surface area contributed by atoms with Crippen LogP contribution in [0, 0.1) is 0 Å². The summed E-state index contributed by atoms with van der Waals surface area (Å²) in [7, 11) is 1.56. The number of Topliss-reactive ketones (excluding diaryl/α,β-unsaturated/α-hetero) is 1. The third-order valence-electron chi connectivity index (χ3n) is 5.44. The van der Waals surface area contributed by atoms with E-state index in [1.54, 1.807) is 7.11 Å². The van der Waals surface area contributed by atoms with Crippen molar-refractivity contribution >= 4 is 16.8 Å². The van der Waals surface area contributed by atoms with E-state index in [1.807, 2.05) is 13.0 Å². The van der Waals surface area contributed by atoms with Crippen LogP contribution in [0.15, 0.2) is 15.3 Å². The van der Waals surface area contributed by atoms with Crippen LogP contribution in [0.5, 0.6) is 11.5 Å². The molecule has 1 aliphatic carbocycles. The lowest BCUT2D eigenvalue weighted by Crippen LogP contribution is -2.31. The summed E-state index contributed by atoms with van der Waals surface area (Å²) in [6, 6.07) is 1.81. The normalized spacial score (nSPS) is 27.1. The van der Waals surface area contributed by atoms with Crippen LogP contribution < -0.4 is 15.1 Å². The number of ether oxygens (including phenoxy) is 3. The molecule has 0 spiro atoms. The van der Waals surface area contributed by atoms with Gasteiger partial charge in [-0.25, -0.2) is 4.79 Å². The van der Waals surface area contributed by atoms with Crippen molar-refractivity contribution in [3.05, 3.63) is 33.2 Å². The van der Waals surface area contributed by atoms with Gasteiger partial charge in [-0.15, -0.1) is 0 Å². The highest BCUT2D eigenvalue weighted by Gasteiger charge is 2.52. The number of hydrogen-bond donors (Lipinski definition) is 0. The molecule has 0 radical (unpaired) electrons. The summed E-state index contributed by atoms with van der Waals surface area (Å²) in [6.07, 6.45) is 1.66. The fourth-order valence-electron chi connectivity index (χ4n) is 4.35. The van der Waals surface area contributed by atoms with E-state index in [4.69, 9.17) is 18.6 Å². The molecule has 5 rings (SSSR count). The summed E-state index contributed by atoms with van der Waals surface area (Å²) >= 11 is 0. The van der Waals surface area contributed by atoms with Crippen LogP contribution in [0.25, 0.3) is 11.0 Å². The Morgan fingerprint density at radius 1 is 1.29 bits per heavy atom. The van der Waals surface area contributed by atoms with Gasteiger partial charge in [0.25, 0.3) is 0 Å². The molecule has 2 aromatic rings. The van der Waals surface area contributed by atoms with Gasteiger partial charge in [0.2, 0.25) is 5.79 Å². The van der Waals surface area contributed by atoms with Crippen molar-refractivity contribution in [2.24, 2.45) is 0 Å². The van der Waals surface area contributed by atoms with Crippen molar-refractivity contribution in [1.29, 1.82) is 0 Å². The zero-order valence-electron chi connectivity index (χ0n) is 13.4. The van der Waals surface area contributed by atoms with E-state index in [1.165, 1.54) is 0 Å². The number of methoxy groups -OCH3 is 1. The molecule has 0 unspecified atom stereocenters. The molecule has 1 fully saturated rings. The van der Waals surface area contributed by atoms with Crippen molar-refractivity contribution < 1.29 is 23.4 Å². The van der Waals surface area contributed by atoms with E-state index in [-0.39, 0.29) is 17.3 Å². The van der Waals surface area contributed by atoms with Gasteiger partial charge in [-0.2, -0.15) is 0 Å². The number of aryl methyl sites for hydroxylation is 1. The number of fused-ring (bicyclic) bond motifs is 7. The first-order valence-electron chi connectivity index (χ1n) is 8.10. The molecule has 3 heterocycles. The summed E-state index contributed by atoms with van der Waals surface area (Å²) in [6.45, 7) is 2.50. The Balaban J connectivity index is 1.92. The first kappa shape index (κ1) is 14.0. The molecule has 2 aliphatic heterocycles. The van der Waals surface area contributed by atoms with E-state index in [0.717, 1.165) is 22.9 Å². The van der Waals surface area contributed by atoms with Crippen molar-refractivity contribution in [3.8, 4) is 11.5 Å². The van der Waals surface area contributed by atoms with Gasteiger partial charge in [-0.05, 0) is 18.4 Å². The number of carbonyl (C=O) groups excluding carboxylic acids is 1. The van der Waals surface area contributed by atoms with Crippen LogP contribution in [0.3, 0.4) is 0 Å². The molecule has 1 aromatic heterocycles. The summed E-state index contributed by atoms with van der Waals surface area (Å²) in [4.78, 5) is 24.5. The summed E-state index contributed by atoms with van der Waals surface area (Å²) in [5, 5.41) is 0.719. The minimum absolute atomic E-state index is 0.000731. The monoisotopic (exact) mass is 328 g/mol. The maximum atomic E-state index is 12.4. The summed E-state index contributed by atoms with van der Waals surface area (Å²) in [5.74, 6) is 0.281. The fourth-order valence-corrected chi connectivity index (χ4v) is 4.35. The predicted octanol–water partition coefficient (Wildman–Crippen LogP) is 2.54. The minimum atomic E-state index is -0.741. The van der Waals surface area contributed by atoms with Crippen LogP contribution in [0.4, 0.5) is 0 Å². The Morgan fingerprint density at radius 3 is 2.92 bits per heavy atom. The highest BCUT2D eigenvalue weighted by molar-refractivity contribution is 6.06. The van der Waals surface area contributed by atoms with E-state index in [0.29, 0.717) is 36.5 Å². The van der Waals surface area contributed by atoms with Gasteiger partial charge in [-0.3, -0.25) is 4.79 Å². The third kappa shape index (κ3) is 1.54. The SMILES string of the molecule is COc1cc2c(c3oc(=O)c4c(c13)CCC4=O)[C@@H]1CCO[C@]1(C)O2. The summed E-state index contributed by atoms with van der Waals surface area (Å²) < 4.78 is 22.9. The first-order chi connectivity index (χ1) is 11.5. The quantitative estimate of drug-likeness (QED) is 0.749. The van der Waals surface area contributed by atoms with Gasteiger partial charge >= 0.3 is 5.63 Å². The van der Waals surface area contributed by atoms with Crippen molar-refractivity contribution in [1.82, 2.24) is 0 Å². The second-order valence-corrected chi connectivity index (χ2v) is 6.67. The highest BCUT2D eigenvalue weighted by Crippen LogP contribution is 2.55. The molecule has 2 atom stereocenters. The predicted molar refractivity (Wildman–Crippen MR) is 84.0 cm³/mol. The Labute approximate surface area is 137 Å². The van der Waals surface area contributed by atoms with Crippen molar-refractivity contribution in [2.45, 2.75) is 37.9 Å². The van der Waals surface area contributed by atoms with Crippen LogP contribution in [-0.4, -0.2) is 25.3 Å². The standard InChI is InChI=1S/C18H16O6/c1-18-9(5-6-22-18)15-12(24-18)7-11(21-2)14-8-3-4-10(19)13(8)17(20)23-16(14)15/h7,9H,3-6H2,1-2H3/t9-,18+/m0/s1. The molecule has 0 N–H and O–H groups in total. The molecule has 1 saturated heterocycles. The zero-order valence-corrected chi connectivity index (χ0v) is 13.4. The lowest BCUT2D eigenvalue weighted by atomic mass is 9.90. The zero-order chi connectivity index (χ0) is 16.6. The van der Waals surface area contributed by atoms with Gasteiger partial charge < -0.3 is 18.6 Å². The molecule has 1 aromatic carbocycles.